The Balaban J connectivity index is 2.49. The molecule has 0 bridgehead atoms. The Bertz CT molecular complexity index is 375. The van der Waals surface area contributed by atoms with E-state index in [0.717, 1.165) is 6.42 Å². The Hall–Kier alpha value is -1.36. The maximum Gasteiger partial charge on any atom is 0.316 e. The predicted molar refractivity (Wildman–Crippen MR) is 67.1 cm³/mol. The number of thiophene rings is 1. The molecule has 1 aromatic rings. The Morgan fingerprint density at radius 2 is 2.24 bits per heavy atom. The van der Waals surface area contributed by atoms with Gasteiger partial charge in [0.2, 0.25) is 5.91 Å². The number of carbonyl (C=O) groups excluding carboxylic acids is 1. The van der Waals surface area contributed by atoms with Crippen LogP contribution >= 0.6 is 11.3 Å². The van der Waals surface area contributed by atoms with Crippen LogP contribution in [0.15, 0.2) is 17.5 Å². The molecule has 94 valence electrons. The number of aliphatic carboxylic acids is 1. The van der Waals surface area contributed by atoms with E-state index in [1.165, 1.54) is 9.78 Å². The molecule has 1 aromatic heterocycles. The van der Waals surface area contributed by atoms with Crippen LogP contribution in [0.5, 0.6) is 0 Å². The molecular formula is C12H17NO3S. The normalized spacial score (nSPS) is 12.1. The van der Waals surface area contributed by atoms with Crippen LogP contribution in [-0.4, -0.2) is 35.5 Å². The van der Waals surface area contributed by atoms with E-state index in [4.69, 9.17) is 5.11 Å². The van der Waals surface area contributed by atoms with Crippen molar-refractivity contribution in [1.82, 2.24) is 4.90 Å². The first-order chi connectivity index (χ1) is 8.06. The SMILES string of the molecule is CCC(C(=O)O)C(=O)N(C)CCc1cccs1. The molecule has 5 heteroatoms. The average Bonchev–Trinajstić information content (AvgIpc) is 2.78. The summed E-state index contributed by atoms with van der Waals surface area (Å²) in [5.41, 5.74) is 0. The molecule has 1 unspecified atom stereocenters. The highest BCUT2D eigenvalue weighted by Gasteiger charge is 2.26. The molecular weight excluding hydrogens is 238 g/mol. The summed E-state index contributed by atoms with van der Waals surface area (Å²) in [6, 6.07) is 3.98. The van der Waals surface area contributed by atoms with Gasteiger partial charge in [0, 0.05) is 18.5 Å². The fourth-order valence-electron chi connectivity index (χ4n) is 1.56. The number of rotatable bonds is 6. The molecule has 4 nitrogen and oxygen atoms in total. The molecule has 1 atom stereocenters. The molecule has 0 fully saturated rings. The van der Waals surface area contributed by atoms with Crippen molar-refractivity contribution in [2.24, 2.45) is 5.92 Å². The zero-order valence-electron chi connectivity index (χ0n) is 10.0. The highest BCUT2D eigenvalue weighted by molar-refractivity contribution is 7.09. The summed E-state index contributed by atoms with van der Waals surface area (Å²) in [7, 11) is 1.65. The van der Waals surface area contributed by atoms with E-state index < -0.39 is 11.9 Å². The van der Waals surface area contributed by atoms with Crippen LogP contribution in [0, 0.1) is 5.92 Å². The molecule has 0 aliphatic heterocycles. The lowest BCUT2D eigenvalue weighted by atomic mass is 10.1. The van der Waals surface area contributed by atoms with E-state index in [9.17, 15) is 9.59 Å². The summed E-state index contributed by atoms with van der Waals surface area (Å²) in [6.45, 7) is 2.27. The minimum absolute atomic E-state index is 0.309. The molecule has 1 heterocycles. The second kappa shape index (κ2) is 6.39. The number of likely N-dealkylation sites (N-methyl/N-ethyl adjacent to an activating group) is 1. The number of carboxylic acid groups (broad SMARTS) is 1. The minimum atomic E-state index is -1.04. The fourth-order valence-corrected chi connectivity index (χ4v) is 2.26. The molecule has 0 spiro atoms. The van der Waals surface area contributed by atoms with E-state index in [0.29, 0.717) is 13.0 Å². The Morgan fingerprint density at radius 1 is 1.53 bits per heavy atom. The highest BCUT2D eigenvalue weighted by Crippen LogP contribution is 2.11. The second-order valence-electron chi connectivity index (χ2n) is 3.89. The second-order valence-corrected chi connectivity index (χ2v) is 4.92. The van der Waals surface area contributed by atoms with Crippen LogP contribution in [-0.2, 0) is 16.0 Å². The predicted octanol–water partition coefficient (Wildman–Crippen LogP) is 1.86. The molecule has 0 aromatic carbocycles. The van der Waals surface area contributed by atoms with Gasteiger partial charge in [0.1, 0.15) is 5.92 Å². The molecule has 0 radical (unpaired) electrons. The average molecular weight is 255 g/mol. The maximum atomic E-state index is 11.8. The largest absolute Gasteiger partial charge is 0.481 e. The van der Waals surface area contributed by atoms with Crippen molar-refractivity contribution in [2.45, 2.75) is 19.8 Å². The molecule has 0 aliphatic carbocycles. The number of hydrogen-bond acceptors (Lipinski definition) is 3. The molecule has 1 N–H and O–H groups in total. The summed E-state index contributed by atoms with van der Waals surface area (Å²) >= 11 is 1.64. The first kappa shape index (κ1) is 13.7. The van der Waals surface area contributed by atoms with Crippen molar-refractivity contribution >= 4 is 23.2 Å². The topological polar surface area (TPSA) is 57.6 Å². The third-order valence-electron chi connectivity index (χ3n) is 2.65. The van der Waals surface area contributed by atoms with Crippen LogP contribution in [0.25, 0.3) is 0 Å². The van der Waals surface area contributed by atoms with Gasteiger partial charge in [0.15, 0.2) is 0 Å². The zero-order chi connectivity index (χ0) is 12.8. The van der Waals surface area contributed by atoms with Gasteiger partial charge in [-0.1, -0.05) is 13.0 Å². The van der Waals surface area contributed by atoms with Gasteiger partial charge >= 0.3 is 5.97 Å². The zero-order valence-corrected chi connectivity index (χ0v) is 10.9. The van der Waals surface area contributed by atoms with Gasteiger partial charge in [0.25, 0.3) is 0 Å². The van der Waals surface area contributed by atoms with Gasteiger partial charge in [-0.2, -0.15) is 0 Å². The van der Waals surface area contributed by atoms with Crippen LogP contribution in [0.4, 0.5) is 0 Å². The van der Waals surface area contributed by atoms with Crippen LogP contribution in [0.2, 0.25) is 0 Å². The lowest BCUT2D eigenvalue weighted by molar-refractivity contribution is -0.150. The molecule has 1 amide bonds. The summed E-state index contributed by atoms with van der Waals surface area (Å²) < 4.78 is 0. The van der Waals surface area contributed by atoms with Gasteiger partial charge in [-0.3, -0.25) is 9.59 Å². The van der Waals surface area contributed by atoms with E-state index in [1.807, 2.05) is 17.5 Å². The number of amides is 1. The van der Waals surface area contributed by atoms with Gasteiger partial charge in [-0.25, -0.2) is 0 Å². The monoisotopic (exact) mass is 255 g/mol. The fraction of sp³-hybridized carbons (Fsp3) is 0.500. The third kappa shape index (κ3) is 3.85. The molecule has 0 saturated heterocycles. The molecule has 1 rings (SSSR count). The molecule has 17 heavy (non-hydrogen) atoms. The van der Waals surface area contributed by atoms with Gasteiger partial charge < -0.3 is 10.0 Å². The van der Waals surface area contributed by atoms with Crippen molar-refractivity contribution in [2.75, 3.05) is 13.6 Å². The van der Waals surface area contributed by atoms with Crippen molar-refractivity contribution in [3.8, 4) is 0 Å². The van der Waals surface area contributed by atoms with E-state index in [1.54, 1.807) is 25.3 Å². The Morgan fingerprint density at radius 3 is 2.71 bits per heavy atom. The van der Waals surface area contributed by atoms with Crippen molar-refractivity contribution in [1.29, 1.82) is 0 Å². The quantitative estimate of drug-likeness (QED) is 0.789. The summed E-state index contributed by atoms with van der Waals surface area (Å²) in [6.07, 6.45) is 1.10. The minimum Gasteiger partial charge on any atom is -0.481 e. The lowest BCUT2D eigenvalue weighted by Gasteiger charge is -2.20. The number of carboxylic acids is 1. The van der Waals surface area contributed by atoms with Gasteiger partial charge in [-0.05, 0) is 24.3 Å². The third-order valence-corrected chi connectivity index (χ3v) is 3.59. The lowest BCUT2D eigenvalue weighted by Crippen LogP contribution is -2.37. The van der Waals surface area contributed by atoms with Crippen molar-refractivity contribution in [3.63, 3.8) is 0 Å². The summed E-state index contributed by atoms with van der Waals surface area (Å²) in [4.78, 5) is 25.4. The Kier molecular flexibility index (Phi) is 5.15. The molecule has 0 aliphatic rings. The van der Waals surface area contributed by atoms with Crippen molar-refractivity contribution < 1.29 is 14.7 Å². The standard InChI is InChI=1S/C12H17NO3S/c1-3-10(12(15)16)11(14)13(2)7-6-9-5-4-8-17-9/h4-5,8,10H,3,6-7H2,1-2H3,(H,15,16). The smallest absolute Gasteiger partial charge is 0.316 e. The summed E-state index contributed by atoms with van der Waals surface area (Å²) in [5.74, 6) is -2.26. The number of hydrogen-bond donors (Lipinski definition) is 1. The van der Waals surface area contributed by atoms with E-state index in [2.05, 4.69) is 0 Å². The molecule has 0 saturated carbocycles. The van der Waals surface area contributed by atoms with Crippen molar-refractivity contribution in [3.05, 3.63) is 22.4 Å². The first-order valence-electron chi connectivity index (χ1n) is 5.56. The number of carbonyl (C=O) groups is 2. The highest BCUT2D eigenvalue weighted by atomic mass is 32.1. The van der Waals surface area contributed by atoms with Crippen LogP contribution in [0.3, 0.4) is 0 Å². The van der Waals surface area contributed by atoms with Gasteiger partial charge in [0.05, 0.1) is 0 Å². The number of nitrogens with zero attached hydrogens (tertiary/aromatic N) is 1. The maximum absolute atomic E-state index is 11.8. The first-order valence-corrected chi connectivity index (χ1v) is 6.44. The van der Waals surface area contributed by atoms with Gasteiger partial charge in [-0.15, -0.1) is 11.3 Å². The Labute approximate surface area is 105 Å². The summed E-state index contributed by atoms with van der Waals surface area (Å²) in [5, 5.41) is 10.9. The van der Waals surface area contributed by atoms with Crippen LogP contribution < -0.4 is 0 Å². The van der Waals surface area contributed by atoms with Crippen LogP contribution in [0.1, 0.15) is 18.2 Å². The van der Waals surface area contributed by atoms with E-state index >= 15 is 0 Å². The van der Waals surface area contributed by atoms with E-state index in [-0.39, 0.29) is 5.91 Å².